The summed E-state index contributed by atoms with van der Waals surface area (Å²) in [4.78, 5) is 41.3. The van der Waals surface area contributed by atoms with Gasteiger partial charge in [0.15, 0.2) is 12.3 Å². The van der Waals surface area contributed by atoms with Crippen LogP contribution in [0.3, 0.4) is 0 Å². The van der Waals surface area contributed by atoms with Crippen LogP contribution in [0.2, 0.25) is 0 Å². The van der Waals surface area contributed by atoms with Crippen LogP contribution in [-0.2, 0) is 9.47 Å². The zero-order valence-corrected chi connectivity index (χ0v) is 17.3. The summed E-state index contributed by atoms with van der Waals surface area (Å²) in [6.45, 7) is -0.551. The average Bonchev–Trinajstić information content (AvgIpc) is 3.15. The minimum atomic E-state index is -1.38. The molecule has 2 aromatic carbocycles. The number of nitrogens with one attached hydrogen (secondary N) is 1. The Labute approximate surface area is 188 Å². The number of amides is 1. The summed E-state index contributed by atoms with van der Waals surface area (Å²) in [6, 6.07) is 17.9. The average molecular weight is 451 g/mol. The first kappa shape index (κ1) is 22.3. The van der Waals surface area contributed by atoms with Crippen molar-refractivity contribution in [2.75, 3.05) is 11.9 Å². The minimum absolute atomic E-state index is 0.0141. The van der Waals surface area contributed by atoms with Gasteiger partial charge in [-0.25, -0.2) is 9.59 Å². The fourth-order valence-corrected chi connectivity index (χ4v) is 3.44. The molecule has 0 unspecified atom stereocenters. The molecular weight excluding hydrogens is 430 g/mol. The van der Waals surface area contributed by atoms with Gasteiger partial charge in [0.2, 0.25) is 0 Å². The number of aliphatic hydroxyl groups is 2. The molecule has 1 aliphatic heterocycles. The number of anilines is 1. The fraction of sp³-hybridized carbons (Fsp3) is 0.217. The Morgan fingerprint density at radius 3 is 2.27 bits per heavy atom. The standard InChI is InChI=1S/C23H21N3O7/c27-13-16-18(28)19(33-22(30)15-9-5-2-6-10-15)21(32-16)26-12-11-17(25-23(26)31)24-20(29)14-7-3-1-4-8-14/h1-12,16,18-19,21,27-28H,13H2,(H,24,25,29,31)/t16-,18-,19+,21-/m1/s1. The highest BCUT2D eigenvalue weighted by molar-refractivity contribution is 6.03. The first-order valence-electron chi connectivity index (χ1n) is 10.1. The summed E-state index contributed by atoms with van der Waals surface area (Å²) in [5.41, 5.74) is -0.165. The smallest absolute Gasteiger partial charge is 0.351 e. The minimum Gasteiger partial charge on any atom is -0.451 e. The molecule has 10 nitrogen and oxygen atoms in total. The highest BCUT2D eigenvalue weighted by atomic mass is 16.6. The predicted molar refractivity (Wildman–Crippen MR) is 116 cm³/mol. The van der Waals surface area contributed by atoms with Crippen LogP contribution < -0.4 is 11.0 Å². The molecule has 0 spiro atoms. The van der Waals surface area contributed by atoms with Crippen LogP contribution in [0.5, 0.6) is 0 Å². The maximum absolute atomic E-state index is 12.7. The second-order valence-electron chi connectivity index (χ2n) is 7.30. The van der Waals surface area contributed by atoms with Crippen molar-refractivity contribution in [2.24, 2.45) is 0 Å². The van der Waals surface area contributed by atoms with Gasteiger partial charge in [0.25, 0.3) is 5.91 Å². The van der Waals surface area contributed by atoms with Gasteiger partial charge in [-0.2, -0.15) is 4.98 Å². The number of carbonyl (C=O) groups excluding carboxylic acids is 2. The van der Waals surface area contributed by atoms with Gasteiger partial charge in [0.1, 0.15) is 18.0 Å². The number of esters is 1. The quantitative estimate of drug-likeness (QED) is 0.471. The number of ether oxygens (including phenoxy) is 2. The van der Waals surface area contributed by atoms with Crippen LogP contribution in [0.1, 0.15) is 26.9 Å². The number of aromatic nitrogens is 2. The maximum atomic E-state index is 12.7. The number of benzene rings is 2. The van der Waals surface area contributed by atoms with Crippen molar-refractivity contribution >= 4 is 17.7 Å². The summed E-state index contributed by atoms with van der Waals surface area (Å²) in [6.07, 6.45) is -3.66. The maximum Gasteiger partial charge on any atom is 0.351 e. The molecule has 1 amide bonds. The van der Waals surface area contributed by atoms with E-state index < -0.39 is 48.7 Å². The molecule has 1 aliphatic rings. The molecule has 170 valence electrons. The molecule has 3 aromatic rings. The first-order valence-corrected chi connectivity index (χ1v) is 10.1. The van der Waals surface area contributed by atoms with E-state index in [-0.39, 0.29) is 11.4 Å². The van der Waals surface area contributed by atoms with E-state index >= 15 is 0 Å². The molecule has 2 heterocycles. The van der Waals surface area contributed by atoms with Gasteiger partial charge >= 0.3 is 11.7 Å². The Bertz CT molecular complexity index is 1180. The molecule has 33 heavy (non-hydrogen) atoms. The lowest BCUT2D eigenvalue weighted by Crippen LogP contribution is -2.39. The zero-order chi connectivity index (χ0) is 23.4. The fourth-order valence-electron chi connectivity index (χ4n) is 3.44. The molecular formula is C23H21N3O7. The van der Waals surface area contributed by atoms with Gasteiger partial charge in [-0.3, -0.25) is 9.36 Å². The largest absolute Gasteiger partial charge is 0.451 e. The van der Waals surface area contributed by atoms with Gasteiger partial charge in [-0.15, -0.1) is 0 Å². The monoisotopic (exact) mass is 451 g/mol. The van der Waals surface area contributed by atoms with Crippen molar-refractivity contribution in [1.29, 1.82) is 0 Å². The van der Waals surface area contributed by atoms with Crippen molar-refractivity contribution in [1.82, 2.24) is 9.55 Å². The summed E-state index contributed by atoms with van der Waals surface area (Å²) in [7, 11) is 0. The molecule has 1 saturated heterocycles. The third-order valence-corrected chi connectivity index (χ3v) is 5.13. The number of rotatable bonds is 6. The van der Waals surface area contributed by atoms with Crippen LogP contribution in [0.25, 0.3) is 0 Å². The lowest BCUT2D eigenvalue weighted by Gasteiger charge is -2.22. The van der Waals surface area contributed by atoms with E-state index in [2.05, 4.69) is 10.3 Å². The lowest BCUT2D eigenvalue weighted by molar-refractivity contribution is -0.0602. The van der Waals surface area contributed by atoms with E-state index in [9.17, 15) is 24.6 Å². The van der Waals surface area contributed by atoms with E-state index in [1.54, 1.807) is 60.7 Å². The van der Waals surface area contributed by atoms with Gasteiger partial charge in [0.05, 0.1) is 12.2 Å². The summed E-state index contributed by atoms with van der Waals surface area (Å²) >= 11 is 0. The lowest BCUT2D eigenvalue weighted by atomic mass is 10.1. The molecule has 0 saturated carbocycles. The highest BCUT2D eigenvalue weighted by Gasteiger charge is 2.47. The van der Waals surface area contributed by atoms with Crippen LogP contribution in [0.4, 0.5) is 5.82 Å². The van der Waals surface area contributed by atoms with Crippen molar-refractivity contribution in [2.45, 2.75) is 24.5 Å². The Morgan fingerprint density at radius 1 is 1.03 bits per heavy atom. The van der Waals surface area contributed by atoms with Gasteiger partial charge in [-0.05, 0) is 30.3 Å². The third kappa shape index (κ3) is 4.82. The number of carbonyl (C=O) groups is 2. The molecule has 0 radical (unpaired) electrons. The normalized spacial score (nSPS) is 22.0. The molecule has 4 atom stereocenters. The topological polar surface area (TPSA) is 140 Å². The van der Waals surface area contributed by atoms with Gasteiger partial charge < -0.3 is 25.0 Å². The SMILES string of the molecule is O=C(Nc1ccn([C@@H]2O[C@H](CO)[C@@H](O)[C@@H]2OC(=O)c2ccccc2)c(=O)n1)c1ccccc1. The Hall–Kier alpha value is -3.86. The summed E-state index contributed by atoms with van der Waals surface area (Å²) in [5, 5.41) is 22.6. The number of nitrogens with zero attached hydrogens (tertiary/aromatic N) is 2. The third-order valence-electron chi connectivity index (χ3n) is 5.13. The van der Waals surface area contributed by atoms with E-state index in [0.717, 1.165) is 4.57 Å². The van der Waals surface area contributed by atoms with Crippen molar-refractivity contribution in [3.05, 3.63) is 94.5 Å². The van der Waals surface area contributed by atoms with Crippen molar-refractivity contribution in [3.63, 3.8) is 0 Å². The van der Waals surface area contributed by atoms with Gasteiger partial charge in [-0.1, -0.05) is 36.4 Å². The Balaban J connectivity index is 1.56. The zero-order valence-electron chi connectivity index (χ0n) is 17.3. The van der Waals surface area contributed by atoms with E-state index in [0.29, 0.717) is 5.56 Å². The van der Waals surface area contributed by atoms with E-state index in [1.165, 1.54) is 12.3 Å². The van der Waals surface area contributed by atoms with Crippen LogP contribution in [0.15, 0.2) is 77.7 Å². The molecule has 4 rings (SSSR count). The van der Waals surface area contributed by atoms with E-state index in [1.807, 2.05) is 0 Å². The molecule has 10 heteroatoms. The van der Waals surface area contributed by atoms with E-state index in [4.69, 9.17) is 9.47 Å². The Kier molecular flexibility index (Phi) is 6.59. The molecule has 3 N–H and O–H groups in total. The molecule has 0 aliphatic carbocycles. The number of hydrogen-bond donors (Lipinski definition) is 3. The summed E-state index contributed by atoms with van der Waals surface area (Å²) < 4.78 is 12.0. The molecule has 1 fully saturated rings. The second kappa shape index (κ2) is 9.74. The molecule has 1 aromatic heterocycles. The summed E-state index contributed by atoms with van der Waals surface area (Å²) in [5.74, 6) is -1.15. The van der Waals surface area contributed by atoms with Crippen molar-refractivity contribution < 1.29 is 29.3 Å². The first-order chi connectivity index (χ1) is 16.0. The number of aliphatic hydroxyl groups excluding tert-OH is 2. The second-order valence-corrected chi connectivity index (χ2v) is 7.30. The predicted octanol–water partition coefficient (Wildman–Crippen LogP) is 0.972. The number of hydrogen-bond acceptors (Lipinski definition) is 8. The Morgan fingerprint density at radius 2 is 1.67 bits per heavy atom. The van der Waals surface area contributed by atoms with Gasteiger partial charge in [0, 0.05) is 11.8 Å². The van der Waals surface area contributed by atoms with Crippen LogP contribution >= 0.6 is 0 Å². The van der Waals surface area contributed by atoms with Crippen LogP contribution in [0, 0.1) is 0 Å². The highest BCUT2D eigenvalue weighted by Crippen LogP contribution is 2.31. The molecule has 0 bridgehead atoms. The van der Waals surface area contributed by atoms with Crippen molar-refractivity contribution in [3.8, 4) is 0 Å². The van der Waals surface area contributed by atoms with Crippen LogP contribution in [-0.4, -0.2) is 56.6 Å².